The van der Waals surface area contributed by atoms with Gasteiger partial charge in [0.05, 0.1) is 22.4 Å². The highest BCUT2D eigenvalue weighted by Gasteiger charge is 2.19. The van der Waals surface area contributed by atoms with Gasteiger partial charge in [-0.2, -0.15) is 5.10 Å². The third-order valence-corrected chi connectivity index (χ3v) is 3.26. The van der Waals surface area contributed by atoms with Crippen molar-refractivity contribution in [1.29, 1.82) is 0 Å². The molecule has 17 heavy (non-hydrogen) atoms. The number of halogens is 1. The Balaban J connectivity index is 2.98. The molecule has 96 valence electrons. The highest BCUT2D eigenvalue weighted by Crippen LogP contribution is 2.28. The third-order valence-electron chi connectivity index (χ3n) is 2.65. The van der Waals surface area contributed by atoms with Crippen molar-refractivity contribution in [3.05, 3.63) is 29.0 Å². The van der Waals surface area contributed by atoms with E-state index in [4.69, 9.17) is 0 Å². The van der Waals surface area contributed by atoms with E-state index in [1.807, 2.05) is 12.3 Å². The van der Waals surface area contributed by atoms with E-state index in [9.17, 15) is 0 Å². The van der Waals surface area contributed by atoms with E-state index in [1.165, 1.54) is 5.69 Å². The summed E-state index contributed by atoms with van der Waals surface area (Å²) in [5, 5.41) is 7.97. The van der Waals surface area contributed by atoms with E-state index >= 15 is 0 Å². The summed E-state index contributed by atoms with van der Waals surface area (Å²) in [4.78, 5) is 0. The van der Waals surface area contributed by atoms with Crippen molar-refractivity contribution in [3.8, 4) is 0 Å². The number of nitrogens with zero attached hydrogens (tertiary/aromatic N) is 2. The highest BCUT2D eigenvalue weighted by molar-refractivity contribution is 9.10. The third kappa shape index (κ3) is 3.68. The molecule has 1 rings (SSSR count). The van der Waals surface area contributed by atoms with Crippen molar-refractivity contribution >= 4 is 15.9 Å². The molecule has 1 atom stereocenters. The van der Waals surface area contributed by atoms with Gasteiger partial charge in [-0.3, -0.25) is 4.68 Å². The molecule has 0 saturated carbocycles. The Morgan fingerprint density at radius 3 is 2.82 bits per heavy atom. The van der Waals surface area contributed by atoms with Crippen molar-refractivity contribution in [2.24, 2.45) is 0 Å². The van der Waals surface area contributed by atoms with Gasteiger partial charge >= 0.3 is 0 Å². The normalized spacial score (nSPS) is 13.0. The van der Waals surface area contributed by atoms with Gasteiger partial charge in [0.25, 0.3) is 0 Å². The lowest BCUT2D eigenvalue weighted by atomic mass is 10.1. The number of aromatic nitrogens is 2. The van der Waals surface area contributed by atoms with Gasteiger partial charge in [0.2, 0.25) is 0 Å². The van der Waals surface area contributed by atoms with Crippen LogP contribution >= 0.6 is 15.9 Å². The van der Waals surface area contributed by atoms with Crippen LogP contribution in [0.3, 0.4) is 0 Å². The molecule has 0 amide bonds. The summed E-state index contributed by atoms with van der Waals surface area (Å²) in [6.07, 6.45) is 5.87. The van der Waals surface area contributed by atoms with Crippen molar-refractivity contribution in [2.75, 3.05) is 6.54 Å². The number of hydrogen-bond donors (Lipinski definition) is 1. The predicted molar refractivity (Wildman–Crippen MR) is 76.2 cm³/mol. The molecule has 1 N–H and O–H groups in total. The fraction of sp³-hybridized carbons (Fsp3) is 0.615. The summed E-state index contributed by atoms with van der Waals surface area (Å²) in [5.74, 6) is 0. The van der Waals surface area contributed by atoms with Crippen LogP contribution in [0.25, 0.3) is 0 Å². The molecule has 0 bridgehead atoms. The fourth-order valence-electron chi connectivity index (χ4n) is 1.87. The van der Waals surface area contributed by atoms with E-state index in [2.05, 4.69) is 58.4 Å². The molecule has 0 spiro atoms. The van der Waals surface area contributed by atoms with E-state index in [0.29, 0.717) is 6.04 Å². The second-order valence-electron chi connectivity index (χ2n) is 4.45. The molecule has 0 saturated heterocycles. The molecule has 4 heteroatoms. The predicted octanol–water partition coefficient (Wildman–Crippen LogP) is 3.84. The van der Waals surface area contributed by atoms with Crippen LogP contribution in [0.2, 0.25) is 0 Å². The first-order valence-electron chi connectivity index (χ1n) is 6.19. The van der Waals surface area contributed by atoms with Crippen LogP contribution in [0.4, 0.5) is 0 Å². The Kier molecular flexibility index (Phi) is 5.92. The lowest BCUT2D eigenvalue weighted by Crippen LogP contribution is -2.25. The van der Waals surface area contributed by atoms with Gasteiger partial charge in [0.1, 0.15) is 0 Å². The molecule has 0 fully saturated rings. The Morgan fingerprint density at radius 1 is 1.59 bits per heavy atom. The largest absolute Gasteiger partial charge is 0.308 e. The van der Waals surface area contributed by atoms with Crippen LogP contribution in [0.1, 0.15) is 51.4 Å². The van der Waals surface area contributed by atoms with Gasteiger partial charge in [-0.05, 0) is 49.2 Å². The van der Waals surface area contributed by atoms with Crippen LogP contribution in [-0.4, -0.2) is 16.3 Å². The van der Waals surface area contributed by atoms with Crippen LogP contribution in [0, 0.1) is 0 Å². The monoisotopic (exact) mass is 299 g/mol. The van der Waals surface area contributed by atoms with E-state index in [0.717, 1.165) is 23.9 Å². The zero-order chi connectivity index (χ0) is 12.8. The first kappa shape index (κ1) is 14.5. The second-order valence-corrected chi connectivity index (χ2v) is 5.30. The van der Waals surface area contributed by atoms with Crippen molar-refractivity contribution in [1.82, 2.24) is 15.1 Å². The molecule has 0 radical (unpaired) electrons. The van der Waals surface area contributed by atoms with Crippen LogP contribution in [0.5, 0.6) is 0 Å². The van der Waals surface area contributed by atoms with Gasteiger partial charge in [-0.1, -0.05) is 13.0 Å². The molecule has 1 unspecified atom stereocenters. The van der Waals surface area contributed by atoms with Gasteiger partial charge in [-0.15, -0.1) is 6.58 Å². The smallest absolute Gasteiger partial charge is 0.0701 e. The van der Waals surface area contributed by atoms with Gasteiger partial charge in [0.15, 0.2) is 0 Å². The zero-order valence-corrected chi connectivity index (χ0v) is 12.5. The standard InChI is InChI=1S/C13H22BrN3/c1-5-7-12(15-8-6-2)13-11(14)9-16-17(13)10(3)4/h5,9-10,12,15H,1,6-8H2,2-4H3. The zero-order valence-electron chi connectivity index (χ0n) is 10.9. The summed E-state index contributed by atoms with van der Waals surface area (Å²) in [6, 6.07) is 0.652. The van der Waals surface area contributed by atoms with Crippen molar-refractivity contribution < 1.29 is 0 Å². The molecule has 0 aliphatic heterocycles. The summed E-state index contributed by atoms with van der Waals surface area (Å²) in [7, 11) is 0. The Hall–Kier alpha value is -0.610. The quantitative estimate of drug-likeness (QED) is 0.775. The van der Waals surface area contributed by atoms with Crippen molar-refractivity contribution in [3.63, 3.8) is 0 Å². The van der Waals surface area contributed by atoms with Crippen LogP contribution < -0.4 is 5.32 Å². The first-order chi connectivity index (χ1) is 8.11. The lowest BCUT2D eigenvalue weighted by molar-refractivity contribution is 0.444. The summed E-state index contributed by atoms with van der Waals surface area (Å²) >= 11 is 3.59. The average Bonchev–Trinajstić information content (AvgIpc) is 2.66. The van der Waals surface area contributed by atoms with E-state index < -0.39 is 0 Å². The molecule has 0 aliphatic carbocycles. The minimum Gasteiger partial charge on any atom is -0.308 e. The highest BCUT2D eigenvalue weighted by atomic mass is 79.9. The fourth-order valence-corrected chi connectivity index (χ4v) is 2.41. The summed E-state index contributed by atoms with van der Waals surface area (Å²) in [5.41, 5.74) is 1.22. The molecule has 3 nitrogen and oxygen atoms in total. The number of hydrogen-bond acceptors (Lipinski definition) is 2. The average molecular weight is 300 g/mol. The van der Waals surface area contributed by atoms with E-state index in [1.54, 1.807) is 0 Å². The number of rotatable bonds is 7. The maximum Gasteiger partial charge on any atom is 0.0701 e. The Labute approximate surface area is 112 Å². The molecule has 0 aliphatic rings. The minimum absolute atomic E-state index is 0.284. The molecule has 1 aromatic heterocycles. The van der Waals surface area contributed by atoms with E-state index in [-0.39, 0.29) is 6.04 Å². The van der Waals surface area contributed by atoms with Crippen LogP contribution in [-0.2, 0) is 0 Å². The summed E-state index contributed by atoms with van der Waals surface area (Å²) in [6.45, 7) is 11.3. The van der Waals surface area contributed by atoms with Gasteiger partial charge in [0, 0.05) is 6.04 Å². The topological polar surface area (TPSA) is 29.9 Å². The molecular formula is C13H22BrN3. The van der Waals surface area contributed by atoms with Gasteiger partial charge in [-0.25, -0.2) is 0 Å². The Morgan fingerprint density at radius 2 is 2.29 bits per heavy atom. The molecule has 1 aromatic rings. The Bertz CT molecular complexity index is 358. The maximum absolute atomic E-state index is 4.42. The SMILES string of the molecule is C=CCC(NCCC)c1c(Br)cnn1C(C)C. The maximum atomic E-state index is 4.42. The molecule has 0 aromatic carbocycles. The van der Waals surface area contributed by atoms with Crippen molar-refractivity contribution in [2.45, 2.75) is 45.7 Å². The second kappa shape index (κ2) is 6.97. The lowest BCUT2D eigenvalue weighted by Gasteiger charge is -2.21. The first-order valence-corrected chi connectivity index (χ1v) is 6.98. The summed E-state index contributed by atoms with van der Waals surface area (Å²) < 4.78 is 3.14. The minimum atomic E-state index is 0.284. The van der Waals surface area contributed by atoms with Crippen LogP contribution in [0.15, 0.2) is 23.3 Å². The molecular weight excluding hydrogens is 278 g/mol. The number of nitrogens with one attached hydrogen (secondary N) is 1. The molecule has 1 heterocycles. The van der Waals surface area contributed by atoms with Gasteiger partial charge < -0.3 is 5.32 Å².